The zero-order valence-electron chi connectivity index (χ0n) is 19.0. The summed E-state index contributed by atoms with van der Waals surface area (Å²) in [7, 11) is 0. The predicted molar refractivity (Wildman–Crippen MR) is 135 cm³/mol. The first-order valence-corrected chi connectivity index (χ1v) is 11.7. The van der Waals surface area contributed by atoms with Crippen LogP contribution in [0.15, 0.2) is 72.9 Å². The van der Waals surface area contributed by atoms with Gasteiger partial charge in [0.05, 0.1) is 16.3 Å². The molecule has 8 nitrogen and oxygen atoms in total. The number of benzene rings is 2. The van der Waals surface area contributed by atoms with Gasteiger partial charge < -0.3 is 16.0 Å². The van der Waals surface area contributed by atoms with E-state index >= 15 is 0 Å². The van der Waals surface area contributed by atoms with Crippen LogP contribution in [0.25, 0.3) is 16.9 Å². The molecule has 2 aromatic heterocycles. The van der Waals surface area contributed by atoms with Gasteiger partial charge in [0.15, 0.2) is 5.69 Å². The second-order valence-corrected chi connectivity index (χ2v) is 8.79. The van der Waals surface area contributed by atoms with Gasteiger partial charge in [-0.1, -0.05) is 35.9 Å². The molecule has 2 amide bonds. The molecule has 1 aliphatic heterocycles. The lowest BCUT2D eigenvalue weighted by molar-refractivity contribution is 0.0936. The fourth-order valence-electron chi connectivity index (χ4n) is 3.80. The number of pyridine rings is 1. The van der Waals surface area contributed by atoms with Gasteiger partial charge in [-0.05, 0) is 36.4 Å². The summed E-state index contributed by atoms with van der Waals surface area (Å²) in [5.41, 5.74) is 1.47. The summed E-state index contributed by atoms with van der Waals surface area (Å²) >= 11 is 6.32. The summed E-state index contributed by atoms with van der Waals surface area (Å²) in [5.74, 6) is -0.711. The van der Waals surface area contributed by atoms with Gasteiger partial charge in [-0.15, -0.1) is 0 Å². The summed E-state index contributed by atoms with van der Waals surface area (Å²) < 4.78 is 15.7. The average molecular weight is 505 g/mol. The van der Waals surface area contributed by atoms with Gasteiger partial charge in [-0.2, -0.15) is 5.10 Å². The Morgan fingerprint density at radius 3 is 2.58 bits per heavy atom. The summed E-state index contributed by atoms with van der Waals surface area (Å²) in [6, 6.07) is 18.0. The third-order valence-corrected chi connectivity index (χ3v) is 6.17. The standard InChI is InChI=1S/C26H22ClFN6O2/c27-20-9-8-17(24-21(28)7-4-10-30-24)11-19(20)25(35)32-23-12-22(26(36)31-15-16-13-29-14-16)33-34(23)18-5-2-1-3-6-18/h1-12,16,29H,13-15H2,(H,31,36)(H,32,35). The molecule has 1 fully saturated rings. The number of nitrogens with one attached hydrogen (secondary N) is 3. The smallest absolute Gasteiger partial charge is 0.271 e. The number of halogens is 2. The highest BCUT2D eigenvalue weighted by Crippen LogP contribution is 2.27. The van der Waals surface area contributed by atoms with Crippen molar-refractivity contribution in [3.63, 3.8) is 0 Å². The lowest BCUT2D eigenvalue weighted by atomic mass is 10.0. The Morgan fingerprint density at radius 1 is 1.06 bits per heavy atom. The van der Waals surface area contributed by atoms with Crippen molar-refractivity contribution in [2.45, 2.75) is 0 Å². The Bertz CT molecular complexity index is 1420. The van der Waals surface area contributed by atoms with Crippen molar-refractivity contribution in [3.05, 3.63) is 95.0 Å². The number of hydrogen-bond donors (Lipinski definition) is 3. The molecule has 182 valence electrons. The molecule has 3 N–H and O–H groups in total. The Hall–Kier alpha value is -4.08. The van der Waals surface area contributed by atoms with Gasteiger partial charge in [-0.3, -0.25) is 14.6 Å². The lowest BCUT2D eigenvalue weighted by Gasteiger charge is -2.26. The molecule has 5 rings (SSSR count). The SMILES string of the molecule is O=C(NCC1CNC1)c1cc(NC(=O)c2cc(-c3ncccc3F)ccc2Cl)n(-c2ccccc2)n1. The van der Waals surface area contributed by atoms with Crippen LogP contribution in [0, 0.1) is 11.7 Å². The van der Waals surface area contributed by atoms with Crippen molar-refractivity contribution in [1.82, 2.24) is 25.4 Å². The topological polar surface area (TPSA) is 101 Å². The molecule has 1 saturated heterocycles. The Balaban J connectivity index is 1.44. The number of nitrogens with zero attached hydrogens (tertiary/aromatic N) is 3. The maximum Gasteiger partial charge on any atom is 0.271 e. The van der Waals surface area contributed by atoms with E-state index in [0.717, 1.165) is 13.1 Å². The number of aromatic nitrogens is 3. The minimum Gasteiger partial charge on any atom is -0.350 e. The van der Waals surface area contributed by atoms with Crippen molar-refractivity contribution in [2.75, 3.05) is 25.0 Å². The maximum absolute atomic E-state index is 14.3. The first kappa shape index (κ1) is 23.7. The van der Waals surface area contributed by atoms with Crippen molar-refractivity contribution >= 4 is 29.2 Å². The van der Waals surface area contributed by atoms with E-state index in [1.165, 1.54) is 41.2 Å². The second kappa shape index (κ2) is 10.3. The highest BCUT2D eigenvalue weighted by Gasteiger charge is 2.22. The van der Waals surface area contributed by atoms with E-state index in [4.69, 9.17) is 11.6 Å². The second-order valence-electron chi connectivity index (χ2n) is 8.38. The van der Waals surface area contributed by atoms with Crippen LogP contribution in [0.5, 0.6) is 0 Å². The quantitative estimate of drug-likeness (QED) is 0.354. The largest absolute Gasteiger partial charge is 0.350 e. The van der Waals surface area contributed by atoms with Gasteiger partial charge in [0, 0.05) is 43.4 Å². The molecule has 1 aliphatic rings. The fraction of sp³-hybridized carbons (Fsp3) is 0.154. The van der Waals surface area contributed by atoms with E-state index in [9.17, 15) is 14.0 Å². The number of hydrogen-bond acceptors (Lipinski definition) is 5. The lowest BCUT2D eigenvalue weighted by Crippen LogP contribution is -2.48. The van der Waals surface area contributed by atoms with E-state index in [1.54, 1.807) is 6.07 Å². The summed E-state index contributed by atoms with van der Waals surface area (Å²) in [6.45, 7) is 2.27. The molecule has 0 aliphatic carbocycles. The molecule has 0 spiro atoms. The fourth-order valence-corrected chi connectivity index (χ4v) is 4.00. The first-order chi connectivity index (χ1) is 17.5. The van der Waals surface area contributed by atoms with Gasteiger partial charge in [0.2, 0.25) is 0 Å². The molecule has 0 atom stereocenters. The van der Waals surface area contributed by atoms with Crippen LogP contribution in [0.1, 0.15) is 20.8 Å². The van der Waals surface area contributed by atoms with Crippen LogP contribution in [0.3, 0.4) is 0 Å². The highest BCUT2D eigenvalue weighted by atomic mass is 35.5. The molecule has 0 radical (unpaired) electrons. The third kappa shape index (κ3) is 4.98. The van der Waals surface area contributed by atoms with E-state index < -0.39 is 11.7 Å². The summed E-state index contributed by atoms with van der Waals surface area (Å²) in [6.07, 6.45) is 1.47. The molecule has 0 bridgehead atoms. The number of amides is 2. The normalized spacial score (nSPS) is 13.2. The Kier molecular flexibility index (Phi) is 6.75. The van der Waals surface area contributed by atoms with Crippen LogP contribution in [-0.4, -0.2) is 46.2 Å². The number of anilines is 1. The third-order valence-electron chi connectivity index (χ3n) is 5.84. The zero-order valence-corrected chi connectivity index (χ0v) is 19.8. The molecule has 3 heterocycles. The van der Waals surface area contributed by atoms with Gasteiger partial charge >= 0.3 is 0 Å². The number of rotatable bonds is 7. The van der Waals surface area contributed by atoms with E-state index in [0.29, 0.717) is 23.7 Å². The van der Waals surface area contributed by atoms with Crippen molar-refractivity contribution in [3.8, 4) is 16.9 Å². The minimum absolute atomic E-state index is 0.109. The predicted octanol–water partition coefficient (Wildman–Crippen LogP) is 3.93. The van der Waals surface area contributed by atoms with Crippen LogP contribution in [-0.2, 0) is 0 Å². The van der Waals surface area contributed by atoms with Crippen molar-refractivity contribution < 1.29 is 14.0 Å². The minimum atomic E-state index is -0.539. The van der Waals surface area contributed by atoms with Gasteiger partial charge in [0.25, 0.3) is 11.8 Å². The molecule has 4 aromatic rings. The van der Waals surface area contributed by atoms with Gasteiger partial charge in [-0.25, -0.2) is 9.07 Å². The molecule has 0 unspecified atom stereocenters. The number of para-hydroxylation sites is 1. The molecule has 2 aromatic carbocycles. The molecular weight excluding hydrogens is 483 g/mol. The van der Waals surface area contributed by atoms with E-state index in [2.05, 4.69) is 26.0 Å². The highest BCUT2D eigenvalue weighted by molar-refractivity contribution is 6.34. The van der Waals surface area contributed by atoms with Crippen LogP contribution in [0.4, 0.5) is 10.2 Å². The zero-order chi connectivity index (χ0) is 25.1. The number of carbonyl (C=O) groups is 2. The van der Waals surface area contributed by atoms with Crippen LogP contribution in [0.2, 0.25) is 5.02 Å². The Morgan fingerprint density at radius 2 is 1.86 bits per heavy atom. The van der Waals surface area contributed by atoms with E-state index in [-0.39, 0.29) is 33.7 Å². The molecule has 10 heteroatoms. The van der Waals surface area contributed by atoms with Crippen molar-refractivity contribution in [2.24, 2.45) is 5.92 Å². The van der Waals surface area contributed by atoms with Gasteiger partial charge in [0.1, 0.15) is 17.3 Å². The summed E-state index contributed by atoms with van der Waals surface area (Å²) in [5, 5.41) is 13.5. The van der Waals surface area contributed by atoms with Crippen LogP contribution < -0.4 is 16.0 Å². The first-order valence-electron chi connectivity index (χ1n) is 11.4. The van der Waals surface area contributed by atoms with Crippen molar-refractivity contribution in [1.29, 1.82) is 0 Å². The van der Waals surface area contributed by atoms with Crippen LogP contribution >= 0.6 is 11.6 Å². The van der Waals surface area contributed by atoms with E-state index in [1.807, 2.05) is 30.3 Å². The molecule has 0 saturated carbocycles. The summed E-state index contributed by atoms with van der Waals surface area (Å²) in [4.78, 5) is 30.1. The monoisotopic (exact) mass is 504 g/mol. The Labute approximate surface area is 211 Å². The maximum atomic E-state index is 14.3. The number of carbonyl (C=O) groups excluding carboxylic acids is 2. The molecule has 36 heavy (non-hydrogen) atoms. The molecular formula is C26H22ClFN6O2. The average Bonchev–Trinajstić information content (AvgIpc) is 3.28.